The summed E-state index contributed by atoms with van der Waals surface area (Å²) in [6, 6.07) is 2.47. The summed E-state index contributed by atoms with van der Waals surface area (Å²) in [4.78, 5) is 21.9. The summed E-state index contributed by atoms with van der Waals surface area (Å²) in [5, 5.41) is 2.66. The summed E-state index contributed by atoms with van der Waals surface area (Å²) >= 11 is 0. The molecule has 0 saturated carbocycles. The van der Waals surface area contributed by atoms with Crippen molar-refractivity contribution < 1.29 is 9.18 Å². The normalized spacial score (nSPS) is 16.9. The molecule has 7 heteroatoms. The van der Waals surface area contributed by atoms with Crippen LogP contribution in [0.5, 0.6) is 0 Å². The number of aromatic nitrogens is 3. The molecule has 2 aromatic heterocycles. The number of halogens is 1. The molecule has 6 nitrogen and oxygen atoms in total. The molecule has 0 saturated heterocycles. The minimum absolute atomic E-state index is 0.243. The van der Waals surface area contributed by atoms with E-state index in [-0.39, 0.29) is 6.03 Å². The molecule has 0 unspecified atom stereocenters. The first kappa shape index (κ1) is 14.5. The van der Waals surface area contributed by atoms with Crippen LogP contribution >= 0.6 is 0 Å². The Balaban J connectivity index is 1.54. The summed E-state index contributed by atoms with van der Waals surface area (Å²) in [7, 11) is 1.75. The van der Waals surface area contributed by atoms with Crippen molar-refractivity contribution in [2.24, 2.45) is 5.92 Å². The van der Waals surface area contributed by atoms with Gasteiger partial charge in [-0.05, 0) is 24.5 Å². The van der Waals surface area contributed by atoms with Crippen LogP contribution in [-0.2, 0) is 13.0 Å². The molecule has 3 heterocycles. The predicted molar refractivity (Wildman–Crippen MR) is 79.9 cm³/mol. The molecular formula is C15H18FN5O. The average Bonchev–Trinajstić information content (AvgIpc) is 2.97. The summed E-state index contributed by atoms with van der Waals surface area (Å²) in [5.74, 6) is 1.39. The van der Waals surface area contributed by atoms with Gasteiger partial charge >= 0.3 is 6.03 Å². The fourth-order valence-corrected chi connectivity index (χ4v) is 2.70. The van der Waals surface area contributed by atoms with Gasteiger partial charge in [0.1, 0.15) is 17.5 Å². The van der Waals surface area contributed by atoms with Crippen LogP contribution in [0.4, 0.5) is 15.0 Å². The number of hydrogen-bond donors (Lipinski definition) is 1. The number of nitrogens with zero attached hydrogens (tertiary/aromatic N) is 4. The van der Waals surface area contributed by atoms with Gasteiger partial charge in [0.25, 0.3) is 0 Å². The molecular weight excluding hydrogens is 285 g/mol. The van der Waals surface area contributed by atoms with Gasteiger partial charge < -0.3 is 9.47 Å². The van der Waals surface area contributed by atoms with E-state index < -0.39 is 5.82 Å². The standard InChI is InChI=1S/C15H18FN5O/c1-20(15(22)19-13-3-2-12(16)9-18-13)10-11-4-6-21-7-5-17-14(21)8-11/h2-3,5,7,9,11H,4,6,8,10H2,1H3,(H,18,19,22)/t11-/m1/s1. The molecule has 0 bridgehead atoms. The van der Waals surface area contributed by atoms with Gasteiger partial charge in [0.15, 0.2) is 0 Å². The Morgan fingerprint density at radius 3 is 3.14 bits per heavy atom. The highest BCUT2D eigenvalue weighted by Gasteiger charge is 2.22. The highest BCUT2D eigenvalue weighted by atomic mass is 19.1. The van der Waals surface area contributed by atoms with Crippen LogP contribution in [-0.4, -0.2) is 39.1 Å². The monoisotopic (exact) mass is 303 g/mol. The molecule has 0 fully saturated rings. The predicted octanol–water partition coefficient (Wildman–Crippen LogP) is 2.14. The molecule has 1 aliphatic rings. The van der Waals surface area contributed by atoms with Gasteiger partial charge in [0, 0.05) is 39.0 Å². The molecule has 116 valence electrons. The molecule has 0 radical (unpaired) electrons. The van der Waals surface area contributed by atoms with E-state index in [1.807, 2.05) is 12.4 Å². The van der Waals surface area contributed by atoms with Crippen LogP contribution < -0.4 is 5.32 Å². The largest absolute Gasteiger partial charge is 0.335 e. The number of rotatable bonds is 3. The number of imidazole rings is 1. The lowest BCUT2D eigenvalue weighted by Crippen LogP contribution is -2.37. The highest BCUT2D eigenvalue weighted by molar-refractivity contribution is 5.88. The third-order valence-electron chi connectivity index (χ3n) is 3.89. The van der Waals surface area contributed by atoms with Crippen molar-refractivity contribution in [3.8, 4) is 0 Å². The number of urea groups is 1. The van der Waals surface area contributed by atoms with Crippen LogP contribution in [0, 0.1) is 11.7 Å². The second kappa shape index (κ2) is 6.13. The number of aryl methyl sites for hydroxylation is 1. The Labute approximate surface area is 128 Å². The topological polar surface area (TPSA) is 63.1 Å². The zero-order valence-electron chi connectivity index (χ0n) is 12.4. The van der Waals surface area contributed by atoms with Crippen LogP contribution in [0.3, 0.4) is 0 Å². The van der Waals surface area contributed by atoms with E-state index in [2.05, 4.69) is 19.9 Å². The van der Waals surface area contributed by atoms with Gasteiger partial charge in [-0.3, -0.25) is 5.32 Å². The van der Waals surface area contributed by atoms with Crippen molar-refractivity contribution in [3.05, 3.63) is 42.4 Å². The van der Waals surface area contributed by atoms with E-state index in [1.165, 1.54) is 12.1 Å². The zero-order chi connectivity index (χ0) is 15.5. The van der Waals surface area contributed by atoms with Crippen LogP contribution in [0.1, 0.15) is 12.2 Å². The maximum atomic E-state index is 12.8. The fraction of sp³-hybridized carbons (Fsp3) is 0.400. The Hall–Kier alpha value is -2.44. The second-order valence-corrected chi connectivity index (χ2v) is 5.57. The van der Waals surface area contributed by atoms with Gasteiger partial charge in [0.05, 0.1) is 6.20 Å². The van der Waals surface area contributed by atoms with E-state index in [4.69, 9.17) is 0 Å². The molecule has 1 N–H and O–H groups in total. The van der Waals surface area contributed by atoms with Crippen LogP contribution in [0.15, 0.2) is 30.7 Å². The third kappa shape index (κ3) is 3.24. The number of fused-ring (bicyclic) bond motifs is 1. The van der Waals surface area contributed by atoms with Crippen LogP contribution in [0.2, 0.25) is 0 Å². The number of nitrogens with one attached hydrogen (secondary N) is 1. The fourth-order valence-electron chi connectivity index (χ4n) is 2.70. The van der Waals surface area contributed by atoms with Crippen molar-refractivity contribution in [3.63, 3.8) is 0 Å². The molecule has 1 aliphatic heterocycles. The second-order valence-electron chi connectivity index (χ2n) is 5.57. The van der Waals surface area contributed by atoms with Crippen LogP contribution in [0.25, 0.3) is 0 Å². The summed E-state index contributed by atoms with van der Waals surface area (Å²) < 4.78 is 14.9. The van der Waals surface area contributed by atoms with E-state index in [0.29, 0.717) is 18.3 Å². The average molecular weight is 303 g/mol. The van der Waals surface area contributed by atoms with Gasteiger partial charge in [-0.15, -0.1) is 0 Å². The molecule has 0 aromatic carbocycles. The highest BCUT2D eigenvalue weighted by Crippen LogP contribution is 2.20. The summed E-state index contributed by atoms with van der Waals surface area (Å²) in [5.41, 5.74) is 0. The van der Waals surface area contributed by atoms with Crippen molar-refractivity contribution in [2.75, 3.05) is 18.9 Å². The lowest BCUT2D eigenvalue weighted by molar-refractivity contribution is 0.207. The SMILES string of the molecule is CN(C[C@@H]1CCn2ccnc2C1)C(=O)Nc1ccc(F)cn1. The number of carbonyl (C=O) groups excluding carboxylic acids is 1. The Morgan fingerprint density at radius 2 is 2.36 bits per heavy atom. The van der Waals surface area contributed by atoms with Gasteiger partial charge in [-0.25, -0.2) is 19.2 Å². The van der Waals surface area contributed by atoms with Gasteiger partial charge in [-0.2, -0.15) is 0 Å². The number of anilines is 1. The van der Waals surface area contributed by atoms with Crippen molar-refractivity contribution >= 4 is 11.8 Å². The van der Waals surface area contributed by atoms with E-state index in [9.17, 15) is 9.18 Å². The van der Waals surface area contributed by atoms with E-state index in [0.717, 1.165) is 31.4 Å². The Bertz CT molecular complexity index is 654. The minimum Gasteiger partial charge on any atom is -0.335 e. The van der Waals surface area contributed by atoms with Crippen molar-refractivity contribution in [1.82, 2.24) is 19.4 Å². The van der Waals surface area contributed by atoms with E-state index in [1.54, 1.807) is 11.9 Å². The summed E-state index contributed by atoms with van der Waals surface area (Å²) in [6.45, 7) is 1.59. The molecule has 22 heavy (non-hydrogen) atoms. The first-order chi connectivity index (χ1) is 10.6. The summed E-state index contributed by atoms with van der Waals surface area (Å²) in [6.07, 6.45) is 6.78. The Kier molecular flexibility index (Phi) is 4.04. The lowest BCUT2D eigenvalue weighted by Gasteiger charge is -2.27. The quantitative estimate of drug-likeness (QED) is 0.945. The maximum Gasteiger partial charge on any atom is 0.322 e. The first-order valence-corrected chi connectivity index (χ1v) is 7.25. The van der Waals surface area contributed by atoms with E-state index >= 15 is 0 Å². The molecule has 3 rings (SSSR count). The molecule has 0 aliphatic carbocycles. The Morgan fingerprint density at radius 1 is 1.50 bits per heavy atom. The van der Waals surface area contributed by atoms with Crippen molar-refractivity contribution in [1.29, 1.82) is 0 Å². The zero-order valence-corrected chi connectivity index (χ0v) is 12.4. The number of carbonyl (C=O) groups is 1. The first-order valence-electron chi connectivity index (χ1n) is 7.25. The van der Waals surface area contributed by atoms with Crippen molar-refractivity contribution in [2.45, 2.75) is 19.4 Å². The third-order valence-corrected chi connectivity index (χ3v) is 3.89. The maximum absolute atomic E-state index is 12.8. The van der Waals surface area contributed by atoms with Gasteiger partial charge in [-0.1, -0.05) is 0 Å². The molecule has 2 aromatic rings. The minimum atomic E-state index is -0.427. The smallest absolute Gasteiger partial charge is 0.322 e. The lowest BCUT2D eigenvalue weighted by atomic mass is 9.97. The molecule has 2 amide bonds. The molecule has 0 spiro atoms. The number of pyridine rings is 1. The number of amides is 2. The van der Waals surface area contributed by atoms with Gasteiger partial charge in [0.2, 0.25) is 0 Å². The number of hydrogen-bond acceptors (Lipinski definition) is 3. The molecule has 1 atom stereocenters.